The molecule has 1 aromatic carbocycles. The van der Waals surface area contributed by atoms with E-state index in [1.54, 1.807) is 6.07 Å². The molecule has 106 valence electrons. The van der Waals surface area contributed by atoms with Crippen molar-refractivity contribution in [2.75, 3.05) is 0 Å². The maximum absolute atomic E-state index is 13.5. The summed E-state index contributed by atoms with van der Waals surface area (Å²) in [6, 6.07) is 6.87. The molecule has 2 saturated carbocycles. The normalized spacial score (nSPS) is 32.8. The fourth-order valence-electron chi connectivity index (χ4n) is 3.40. The van der Waals surface area contributed by atoms with Gasteiger partial charge in [0.05, 0.1) is 0 Å². The van der Waals surface area contributed by atoms with Crippen LogP contribution in [0, 0.1) is 11.2 Å². The van der Waals surface area contributed by atoms with Crippen LogP contribution in [0.1, 0.15) is 44.8 Å². The van der Waals surface area contributed by atoms with Gasteiger partial charge in [-0.2, -0.15) is 0 Å². The van der Waals surface area contributed by atoms with Crippen molar-refractivity contribution >= 4 is 5.91 Å². The Morgan fingerprint density at radius 3 is 2.60 bits per heavy atom. The first kappa shape index (κ1) is 12.3. The molecule has 0 aromatic heterocycles. The van der Waals surface area contributed by atoms with E-state index >= 15 is 0 Å². The molecule has 1 N–H and O–H groups in total. The van der Waals surface area contributed by atoms with Crippen LogP contribution in [0.15, 0.2) is 24.3 Å². The van der Waals surface area contributed by atoms with Crippen LogP contribution in [0.2, 0.25) is 0 Å². The van der Waals surface area contributed by atoms with Crippen LogP contribution < -0.4 is 5.32 Å². The number of hydrogen-bond acceptors (Lipinski definition) is 2. The van der Waals surface area contributed by atoms with E-state index in [4.69, 9.17) is 0 Å². The van der Waals surface area contributed by atoms with Gasteiger partial charge in [-0.15, -0.1) is 0 Å². The third-order valence-corrected chi connectivity index (χ3v) is 5.05. The van der Waals surface area contributed by atoms with Gasteiger partial charge in [-0.3, -0.25) is 10.1 Å². The summed E-state index contributed by atoms with van der Waals surface area (Å²) in [6.07, 6.45) is 2.66. The van der Waals surface area contributed by atoms with E-state index < -0.39 is 0 Å². The van der Waals surface area contributed by atoms with Crippen molar-refractivity contribution in [3.05, 3.63) is 35.6 Å². The summed E-state index contributed by atoms with van der Waals surface area (Å²) in [5.41, 5.74) is 0.684. The van der Waals surface area contributed by atoms with Crippen molar-refractivity contribution < 1.29 is 9.18 Å². The molecule has 20 heavy (non-hydrogen) atoms. The Morgan fingerprint density at radius 2 is 2.05 bits per heavy atom. The SMILES string of the molecule is CC1(C)CC1N1C(=O)C2(CC2)NC1c1cccc(F)c1. The van der Waals surface area contributed by atoms with Crippen molar-refractivity contribution in [2.24, 2.45) is 5.41 Å². The molecule has 1 aliphatic heterocycles. The molecule has 1 spiro atoms. The van der Waals surface area contributed by atoms with Gasteiger partial charge in [0.25, 0.3) is 0 Å². The predicted octanol–water partition coefficient (Wildman–Crippen LogP) is 2.59. The van der Waals surface area contributed by atoms with Crippen LogP contribution in [0.5, 0.6) is 0 Å². The second kappa shape index (κ2) is 3.61. The minimum atomic E-state index is -0.352. The van der Waals surface area contributed by atoms with E-state index in [0.29, 0.717) is 0 Å². The van der Waals surface area contributed by atoms with Crippen LogP contribution in [0.3, 0.4) is 0 Å². The summed E-state index contributed by atoms with van der Waals surface area (Å²) >= 11 is 0. The summed E-state index contributed by atoms with van der Waals surface area (Å²) < 4.78 is 13.5. The zero-order valence-electron chi connectivity index (χ0n) is 11.8. The number of nitrogens with one attached hydrogen (secondary N) is 1. The van der Waals surface area contributed by atoms with E-state index in [-0.39, 0.29) is 34.9 Å². The molecule has 0 bridgehead atoms. The number of benzene rings is 1. The third kappa shape index (κ3) is 1.64. The van der Waals surface area contributed by atoms with Crippen molar-refractivity contribution in [1.29, 1.82) is 0 Å². The first-order valence-corrected chi connectivity index (χ1v) is 7.29. The van der Waals surface area contributed by atoms with Crippen LogP contribution in [0.25, 0.3) is 0 Å². The lowest BCUT2D eigenvalue weighted by atomic mass is 10.1. The lowest BCUT2D eigenvalue weighted by Gasteiger charge is -2.26. The quantitative estimate of drug-likeness (QED) is 0.899. The number of carbonyl (C=O) groups excluding carboxylic acids is 1. The Balaban J connectivity index is 1.72. The molecule has 2 aliphatic carbocycles. The summed E-state index contributed by atoms with van der Waals surface area (Å²) in [6.45, 7) is 4.37. The number of hydrogen-bond donors (Lipinski definition) is 1. The van der Waals surface area contributed by atoms with E-state index in [1.807, 2.05) is 11.0 Å². The maximum Gasteiger partial charge on any atom is 0.244 e. The van der Waals surface area contributed by atoms with Crippen molar-refractivity contribution in [3.8, 4) is 0 Å². The molecule has 1 saturated heterocycles. The van der Waals surface area contributed by atoms with Gasteiger partial charge in [-0.25, -0.2) is 4.39 Å². The topological polar surface area (TPSA) is 32.3 Å². The van der Waals surface area contributed by atoms with Crippen LogP contribution in [0.4, 0.5) is 4.39 Å². The van der Waals surface area contributed by atoms with Crippen molar-refractivity contribution in [3.63, 3.8) is 0 Å². The molecule has 2 atom stereocenters. The van der Waals surface area contributed by atoms with E-state index in [2.05, 4.69) is 19.2 Å². The fraction of sp³-hybridized carbons (Fsp3) is 0.562. The van der Waals surface area contributed by atoms with E-state index in [1.165, 1.54) is 12.1 Å². The molecule has 1 aromatic rings. The molecule has 1 heterocycles. The fourth-order valence-corrected chi connectivity index (χ4v) is 3.40. The Hall–Kier alpha value is -1.42. The standard InChI is InChI=1S/C16H19FN2O/c1-15(2)9-12(15)19-13(10-4-3-5-11(17)8-10)18-16(6-7-16)14(19)20/h3-5,8,12-13,18H,6-7,9H2,1-2H3. The molecule has 4 rings (SSSR count). The number of halogens is 1. The summed E-state index contributed by atoms with van der Waals surface area (Å²) in [4.78, 5) is 14.7. The Kier molecular flexibility index (Phi) is 2.23. The lowest BCUT2D eigenvalue weighted by molar-refractivity contribution is -0.131. The predicted molar refractivity (Wildman–Crippen MR) is 73.3 cm³/mol. The average Bonchev–Trinajstić information content (AvgIpc) is 3.25. The van der Waals surface area contributed by atoms with Crippen molar-refractivity contribution in [2.45, 2.75) is 50.9 Å². The van der Waals surface area contributed by atoms with Gasteiger partial charge in [0, 0.05) is 6.04 Å². The van der Waals surface area contributed by atoms with Gasteiger partial charge in [-0.1, -0.05) is 26.0 Å². The largest absolute Gasteiger partial charge is 0.318 e. The van der Waals surface area contributed by atoms with Gasteiger partial charge in [-0.05, 0) is 42.4 Å². The average molecular weight is 274 g/mol. The number of carbonyl (C=O) groups is 1. The first-order chi connectivity index (χ1) is 9.43. The van der Waals surface area contributed by atoms with E-state index in [0.717, 1.165) is 24.8 Å². The van der Waals surface area contributed by atoms with Gasteiger partial charge in [0.1, 0.15) is 17.5 Å². The second-order valence-corrected chi connectivity index (χ2v) is 7.10. The maximum atomic E-state index is 13.5. The molecular weight excluding hydrogens is 255 g/mol. The van der Waals surface area contributed by atoms with Gasteiger partial charge in [0.2, 0.25) is 5.91 Å². The highest BCUT2D eigenvalue weighted by atomic mass is 19.1. The third-order valence-electron chi connectivity index (χ3n) is 5.05. The minimum Gasteiger partial charge on any atom is -0.318 e. The minimum absolute atomic E-state index is 0.174. The van der Waals surface area contributed by atoms with Crippen LogP contribution in [-0.2, 0) is 4.79 Å². The lowest BCUT2D eigenvalue weighted by Crippen LogP contribution is -2.35. The van der Waals surface area contributed by atoms with E-state index in [9.17, 15) is 9.18 Å². The Bertz CT molecular complexity index is 594. The molecule has 4 heteroatoms. The molecule has 1 amide bonds. The molecule has 0 radical (unpaired) electrons. The molecule has 3 fully saturated rings. The highest BCUT2D eigenvalue weighted by molar-refractivity contribution is 5.92. The van der Waals surface area contributed by atoms with Gasteiger partial charge < -0.3 is 4.90 Å². The first-order valence-electron chi connectivity index (χ1n) is 7.29. The monoisotopic (exact) mass is 274 g/mol. The summed E-state index contributed by atoms with van der Waals surface area (Å²) in [7, 11) is 0. The van der Waals surface area contributed by atoms with Crippen molar-refractivity contribution in [1.82, 2.24) is 10.2 Å². The zero-order chi connectivity index (χ0) is 14.1. The highest BCUT2D eigenvalue weighted by Gasteiger charge is 2.65. The van der Waals surface area contributed by atoms with Crippen LogP contribution >= 0.6 is 0 Å². The molecule has 2 unspecified atom stereocenters. The zero-order valence-corrected chi connectivity index (χ0v) is 11.8. The summed E-state index contributed by atoms with van der Waals surface area (Å²) in [5, 5.41) is 3.45. The van der Waals surface area contributed by atoms with Crippen LogP contribution in [-0.4, -0.2) is 22.4 Å². The Morgan fingerprint density at radius 1 is 1.35 bits per heavy atom. The molecule has 3 aliphatic rings. The number of amides is 1. The van der Waals surface area contributed by atoms with Gasteiger partial charge in [0.15, 0.2) is 0 Å². The number of nitrogens with zero attached hydrogens (tertiary/aromatic N) is 1. The second-order valence-electron chi connectivity index (χ2n) is 7.10. The highest BCUT2D eigenvalue weighted by Crippen LogP contribution is 2.56. The smallest absolute Gasteiger partial charge is 0.244 e. The molecular formula is C16H19FN2O. The molecule has 3 nitrogen and oxygen atoms in total. The number of rotatable bonds is 2. The summed E-state index contributed by atoms with van der Waals surface area (Å²) in [5.74, 6) is -0.0363. The Labute approximate surface area is 118 Å². The van der Waals surface area contributed by atoms with Gasteiger partial charge >= 0.3 is 0 Å².